The largest absolute Gasteiger partial charge is 0.308 e. The second-order valence-electron chi connectivity index (χ2n) is 6.39. The normalized spacial score (nSPS) is 12.4. The summed E-state index contributed by atoms with van der Waals surface area (Å²) in [5.41, 5.74) is 3.70. The van der Waals surface area contributed by atoms with Gasteiger partial charge in [0.05, 0.1) is 21.6 Å². The Kier molecular flexibility index (Phi) is 2.21. The Bertz CT molecular complexity index is 1410. The van der Waals surface area contributed by atoms with Crippen LogP contribution in [0.4, 0.5) is 0 Å². The van der Waals surface area contributed by atoms with Crippen LogP contribution in [-0.4, -0.2) is 4.40 Å². The van der Waals surface area contributed by atoms with Gasteiger partial charge in [0.15, 0.2) is 0 Å². The van der Waals surface area contributed by atoms with Gasteiger partial charge in [-0.15, -0.1) is 0 Å². The fraction of sp³-hybridized carbons (Fsp3) is 0. The Hall–Kier alpha value is -2.77. The number of aromatic nitrogens is 1. The average Bonchev–Trinajstić information content (AvgIpc) is 3.12. The van der Waals surface area contributed by atoms with Crippen molar-refractivity contribution in [1.29, 1.82) is 0 Å². The zero-order valence-electron chi connectivity index (χ0n) is 12.8. The quantitative estimate of drug-likeness (QED) is 0.295. The lowest BCUT2D eigenvalue weighted by Crippen LogP contribution is -1.80. The fourth-order valence-electron chi connectivity index (χ4n) is 4.15. The monoisotopic (exact) mass is 325 g/mol. The molecule has 0 spiro atoms. The maximum atomic E-state index is 6.58. The van der Waals surface area contributed by atoms with Crippen molar-refractivity contribution < 1.29 is 0 Å². The van der Waals surface area contributed by atoms with Gasteiger partial charge in [-0.3, -0.25) is 0 Å². The first kappa shape index (κ1) is 12.6. The first-order valence-corrected chi connectivity index (χ1v) is 8.46. The average molecular weight is 326 g/mol. The van der Waals surface area contributed by atoms with Crippen molar-refractivity contribution in [1.82, 2.24) is 4.40 Å². The minimum absolute atomic E-state index is 0.820. The summed E-state index contributed by atoms with van der Waals surface area (Å²) in [5.74, 6) is 0. The molecule has 0 radical (unpaired) electrons. The van der Waals surface area contributed by atoms with Crippen LogP contribution >= 0.6 is 11.6 Å². The topological polar surface area (TPSA) is 4.41 Å². The van der Waals surface area contributed by atoms with E-state index in [1.54, 1.807) is 0 Å². The first-order valence-electron chi connectivity index (χ1n) is 8.08. The molecule has 0 unspecified atom stereocenters. The molecule has 0 bridgehead atoms. The van der Waals surface area contributed by atoms with Crippen LogP contribution in [0.5, 0.6) is 0 Å². The highest BCUT2D eigenvalue weighted by atomic mass is 35.5. The van der Waals surface area contributed by atoms with E-state index in [0.29, 0.717) is 0 Å². The van der Waals surface area contributed by atoms with Crippen molar-refractivity contribution >= 4 is 60.5 Å². The summed E-state index contributed by atoms with van der Waals surface area (Å²) in [5, 5.41) is 8.29. The summed E-state index contributed by atoms with van der Waals surface area (Å²) in [6.45, 7) is 0. The van der Waals surface area contributed by atoms with Gasteiger partial charge in [-0.1, -0.05) is 60.1 Å². The number of rotatable bonds is 0. The molecule has 2 aromatic heterocycles. The third kappa shape index (κ3) is 1.37. The first-order chi connectivity index (χ1) is 11.8. The summed E-state index contributed by atoms with van der Waals surface area (Å²) >= 11 is 6.58. The zero-order chi connectivity index (χ0) is 15.8. The van der Waals surface area contributed by atoms with Crippen molar-refractivity contribution in [3.63, 3.8) is 0 Å². The molecule has 0 aliphatic carbocycles. The molecular weight excluding hydrogens is 314 g/mol. The number of halogens is 1. The van der Waals surface area contributed by atoms with Gasteiger partial charge < -0.3 is 4.40 Å². The molecule has 2 heterocycles. The fourth-order valence-corrected chi connectivity index (χ4v) is 4.41. The Morgan fingerprint density at radius 3 is 2.25 bits per heavy atom. The van der Waals surface area contributed by atoms with Gasteiger partial charge in [-0.25, -0.2) is 0 Å². The van der Waals surface area contributed by atoms with E-state index in [-0.39, 0.29) is 0 Å². The van der Waals surface area contributed by atoms with E-state index in [9.17, 15) is 0 Å². The van der Waals surface area contributed by atoms with Crippen molar-refractivity contribution in [3.05, 3.63) is 77.8 Å². The molecule has 2 heteroatoms. The minimum atomic E-state index is 0.820. The Morgan fingerprint density at radius 2 is 1.38 bits per heavy atom. The van der Waals surface area contributed by atoms with E-state index in [1.807, 2.05) is 6.07 Å². The molecule has 0 saturated carbocycles. The number of nitrogens with zero attached hydrogens (tertiary/aromatic N) is 1. The third-order valence-corrected chi connectivity index (χ3v) is 5.48. The third-order valence-electron chi connectivity index (χ3n) is 5.16. The predicted molar refractivity (Wildman–Crippen MR) is 104 cm³/mol. The molecule has 0 aliphatic heterocycles. The van der Waals surface area contributed by atoms with Gasteiger partial charge >= 0.3 is 0 Å². The van der Waals surface area contributed by atoms with Crippen LogP contribution in [0, 0.1) is 0 Å². The van der Waals surface area contributed by atoms with Crippen molar-refractivity contribution in [2.75, 3.05) is 0 Å². The van der Waals surface area contributed by atoms with Crippen LogP contribution in [-0.2, 0) is 0 Å². The molecule has 24 heavy (non-hydrogen) atoms. The standard InChI is InChI=1S/C22H12ClN/c23-18-10-9-15-17-11-13-5-1-2-6-14(13)12-20(17)24-19-8-4-3-7-16(19)21(18)22(15)24/h1-12H. The van der Waals surface area contributed by atoms with E-state index < -0.39 is 0 Å². The Labute approximate surface area is 143 Å². The van der Waals surface area contributed by atoms with Gasteiger partial charge in [-0.05, 0) is 35.0 Å². The number of hydrogen-bond donors (Lipinski definition) is 0. The van der Waals surface area contributed by atoms with Crippen LogP contribution in [0.25, 0.3) is 48.9 Å². The van der Waals surface area contributed by atoms with E-state index in [1.165, 1.54) is 43.5 Å². The highest BCUT2D eigenvalue weighted by Crippen LogP contribution is 2.42. The minimum Gasteiger partial charge on any atom is -0.308 e. The van der Waals surface area contributed by atoms with Gasteiger partial charge in [0.1, 0.15) is 0 Å². The number of para-hydroxylation sites is 1. The van der Waals surface area contributed by atoms with Crippen LogP contribution in [0.1, 0.15) is 0 Å². The highest BCUT2D eigenvalue weighted by molar-refractivity contribution is 6.40. The number of benzene rings is 4. The maximum absolute atomic E-state index is 6.58. The highest BCUT2D eigenvalue weighted by Gasteiger charge is 2.19. The molecule has 4 aromatic carbocycles. The Balaban J connectivity index is 2.04. The summed E-state index contributed by atoms with van der Waals surface area (Å²) in [7, 11) is 0. The lowest BCUT2D eigenvalue weighted by Gasteiger charge is -2.01. The van der Waals surface area contributed by atoms with Crippen LogP contribution in [0.15, 0.2) is 72.8 Å². The van der Waals surface area contributed by atoms with Crippen LogP contribution in [0.2, 0.25) is 5.02 Å². The molecule has 0 N–H and O–H groups in total. The van der Waals surface area contributed by atoms with Crippen molar-refractivity contribution in [3.8, 4) is 0 Å². The summed E-state index contributed by atoms with van der Waals surface area (Å²) in [6.07, 6.45) is 0. The Morgan fingerprint density at radius 1 is 0.625 bits per heavy atom. The van der Waals surface area contributed by atoms with E-state index in [2.05, 4.69) is 71.1 Å². The molecule has 112 valence electrons. The van der Waals surface area contributed by atoms with Crippen LogP contribution < -0.4 is 0 Å². The van der Waals surface area contributed by atoms with Crippen molar-refractivity contribution in [2.24, 2.45) is 0 Å². The summed E-state index contributed by atoms with van der Waals surface area (Å²) in [4.78, 5) is 0. The lowest BCUT2D eigenvalue weighted by molar-refractivity contribution is 1.37. The van der Waals surface area contributed by atoms with Gasteiger partial charge in [0.25, 0.3) is 0 Å². The molecule has 1 nitrogen and oxygen atoms in total. The molecular formula is C22H12ClN. The second kappa shape index (κ2) is 4.19. The predicted octanol–water partition coefficient (Wildman–Crippen LogP) is 6.64. The zero-order valence-corrected chi connectivity index (χ0v) is 13.5. The molecule has 0 atom stereocenters. The van der Waals surface area contributed by atoms with Crippen molar-refractivity contribution in [2.45, 2.75) is 0 Å². The SMILES string of the molecule is Clc1ccc2c3cc4ccccc4cc3n3c4ccccc4c1c23. The molecule has 0 amide bonds. The van der Waals surface area contributed by atoms with E-state index in [4.69, 9.17) is 11.6 Å². The lowest BCUT2D eigenvalue weighted by atomic mass is 10.0. The summed E-state index contributed by atoms with van der Waals surface area (Å²) < 4.78 is 2.37. The smallest absolute Gasteiger partial charge is 0.0635 e. The van der Waals surface area contributed by atoms with Crippen LogP contribution in [0.3, 0.4) is 0 Å². The summed E-state index contributed by atoms with van der Waals surface area (Å²) in [6, 6.07) is 25.8. The molecule has 6 aromatic rings. The maximum Gasteiger partial charge on any atom is 0.0635 e. The van der Waals surface area contributed by atoms with E-state index >= 15 is 0 Å². The van der Waals surface area contributed by atoms with Gasteiger partial charge in [0, 0.05) is 21.5 Å². The van der Waals surface area contributed by atoms with E-state index in [0.717, 1.165) is 10.4 Å². The number of fused-ring (bicyclic) bond motifs is 7. The molecule has 0 aliphatic rings. The molecule has 6 rings (SSSR count). The van der Waals surface area contributed by atoms with Gasteiger partial charge in [0.2, 0.25) is 0 Å². The molecule has 0 fully saturated rings. The second-order valence-corrected chi connectivity index (χ2v) is 6.79. The molecule has 0 saturated heterocycles. The number of hydrogen-bond acceptors (Lipinski definition) is 0. The van der Waals surface area contributed by atoms with Gasteiger partial charge in [-0.2, -0.15) is 0 Å².